The molecule has 3 aromatic rings. The molecule has 6 nitrogen and oxygen atoms in total. The lowest BCUT2D eigenvalue weighted by atomic mass is 10.0. The molecule has 28 heavy (non-hydrogen) atoms. The summed E-state index contributed by atoms with van der Waals surface area (Å²) in [6.07, 6.45) is 0. The van der Waals surface area contributed by atoms with Crippen molar-refractivity contribution in [3.05, 3.63) is 75.3 Å². The van der Waals surface area contributed by atoms with E-state index in [9.17, 15) is 9.59 Å². The third-order valence-electron chi connectivity index (χ3n) is 4.02. The van der Waals surface area contributed by atoms with Crippen molar-refractivity contribution in [3.63, 3.8) is 0 Å². The fourth-order valence-corrected chi connectivity index (χ4v) is 3.22. The lowest BCUT2D eigenvalue weighted by molar-refractivity contribution is -0.118. The zero-order chi connectivity index (χ0) is 20.3. The van der Waals surface area contributed by atoms with Crippen LogP contribution in [-0.2, 0) is 11.3 Å². The summed E-state index contributed by atoms with van der Waals surface area (Å²) in [5.41, 5.74) is 1.23. The number of halogens is 3. The van der Waals surface area contributed by atoms with Crippen LogP contribution in [0.5, 0.6) is 0 Å². The van der Waals surface area contributed by atoms with Crippen molar-refractivity contribution in [2.75, 3.05) is 5.88 Å². The predicted octanol–water partition coefficient (Wildman–Crippen LogP) is 3.97. The van der Waals surface area contributed by atoms with E-state index >= 15 is 0 Å². The summed E-state index contributed by atoms with van der Waals surface area (Å²) in [5, 5.41) is 11.6. The van der Waals surface area contributed by atoms with Crippen LogP contribution in [0.2, 0.25) is 10.0 Å². The maximum atomic E-state index is 13.2. The van der Waals surface area contributed by atoms with E-state index in [1.165, 1.54) is 0 Å². The molecule has 0 unspecified atom stereocenters. The van der Waals surface area contributed by atoms with Crippen molar-refractivity contribution >= 4 is 46.5 Å². The van der Waals surface area contributed by atoms with Gasteiger partial charge in [-0.1, -0.05) is 35.3 Å². The van der Waals surface area contributed by atoms with E-state index in [1.54, 1.807) is 54.0 Å². The van der Waals surface area contributed by atoms with Gasteiger partial charge in [0.25, 0.3) is 0 Å². The average molecular weight is 438 g/mol. The van der Waals surface area contributed by atoms with Crippen LogP contribution in [0.1, 0.15) is 27.6 Å². The number of hydrogen-bond donors (Lipinski definition) is 1. The van der Waals surface area contributed by atoms with Crippen molar-refractivity contribution in [1.82, 2.24) is 20.1 Å². The van der Waals surface area contributed by atoms with Crippen LogP contribution in [0.3, 0.4) is 0 Å². The van der Waals surface area contributed by atoms with E-state index in [-0.39, 0.29) is 24.1 Å². The molecule has 1 N–H and O–H groups in total. The first-order chi connectivity index (χ1) is 13.4. The maximum Gasteiger partial charge on any atom is 0.235 e. The van der Waals surface area contributed by atoms with Gasteiger partial charge < -0.3 is 5.32 Å². The number of nitrogens with zero attached hydrogens (tertiary/aromatic N) is 3. The van der Waals surface area contributed by atoms with Gasteiger partial charge in [-0.05, 0) is 37.3 Å². The molecule has 9 heteroatoms. The molecule has 3 rings (SSSR count). The molecule has 1 heterocycles. The van der Waals surface area contributed by atoms with Crippen LogP contribution in [0.4, 0.5) is 0 Å². The number of alkyl halides is 1. The molecule has 0 radical (unpaired) electrons. The van der Waals surface area contributed by atoms with Crippen LogP contribution in [0, 0.1) is 6.92 Å². The number of amides is 1. The minimum Gasteiger partial charge on any atom is -0.348 e. The van der Waals surface area contributed by atoms with E-state index in [0.29, 0.717) is 38.5 Å². The number of benzene rings is 2. The molecule has 0 atom stereocenters. The van der Waals surface area contributed by atoms with Crippen molar-refractivity contribution in [2.45, 2.75) is 13.5 Å². The Morgan fingerprint density at radius 1 is 1.07 bits per heavy atom. The highest BCUT2D eigenvalue weighted by Gasteiger charge is 2.21. The van der Waals surface area contributed by atoms with Crippen LogP contribution >= 0.6 is 34.8 Å². The summed E-state index contributed by atoms with van der Waals surface area (Å²) in [4.78, 5) is 24.7. The third-order valence-corrected chi connectivity index (χ3v) is 4.83. The number of hydrogen-bond acceptors (Lipinski definition) is 4. The molecule has 0 aliphatic rings. The quantitative estimate of drug-likeness (QED) is 0.468. The molecule has 144 valence electrons. The lowest BCUT2D eigenvalue weighted by Crippen LogP contribution is -2.25. The summed E-state index contributed by atoms with van der Waals surface area (Å²) in [7, 11) is 0. The number of rotatable bonds is 6. The van der Waals surface area contributed by atoms with Crippen LogP contribution in [-0.4, -0.2) is 32.3 Å². The zero-order valence-corrected chi connectivity index (χ0v) is 17.0. The van der Waals surface area contributed by atoms with Gasteiger partial charge in [0.1, 0.15) is 11.7 Å². The van der Waals surface area contributed by atoms with E-state index in [2.05, 4.69) is 15.5 Å². The molecule has 1 aromatic heterocycles. The number of carbonyl (C=O) groups is 2. The van der Waals surface area contributed by atoms with Gasteiger partial charge in [0.2, 0.25) is 5.91 Å². The minimum absolute atomic E-state index is 0.106. The molecule has 1 amide bonds. The number of nitrogens with one attached hydrogen (secondary N) is 1. The second-order valence-corrected chi connectivity index (χ2v) is 6.99. The monoisotopic (exact) mass is 436 g/mol. The Hall–Kier alpha value is -2.41. The molecule has 0 saturated carbocycles. The van der Waals surface area contributed by atoms with Crippen molar-refractivity contribution in [3.8, 4) is 5.69 Å². The van der Waals surface area contributed by atoms with Crippen LogP contribution in [0.15, 0.2) is 42.5 Å². The van der Waals surface area contributed by atoms with Gasteiger partial charge in [0.05, 0.1) is 17.3 Å². The van der Waals surface area contributed by atoms with Gasteiger partial charge in [0.15, 0.2) is 11.6 Å². The van der Waals surface area contributed by atoms with Gasteiger partial charge in [-0.25, -0.2) is 0 Å². The number of aryl methyl sites for hydroxylation is 1. The smallest absolute Gasteiger partial charge is 0.235 e. The van der Waals surface area contributed by atoms with E-state index < -0.39 is 0 Å². The maximum absolute atomic E-state index is 13.2. The summed E-state index contributed by atoms with van der Waals surface area (Å²) >= 11 is 17.9. The number of carbonyl (C=O) groups excluding carboxylic acids is 2. The second-order valence-electron chi connectivity index (χ2n) is 5.88. The molecular weight excluding hydrogens is 423 g/mol. The summed E-state index contributed by atoms with van der Waals surface area (Å²) in [6.45, 7) is 1.85. The van der Waals surface area contributed by atoms with Crippen LogP contribution < -0.4 is 5.32 Å². The topological polar surface area (TPSA) is 76.9 Å². The first kappa shape index (κ1) is 20.3. The van der Waals surface area contributed by atoms with Crippen molar-refractivity contribution < 1.29 is 9.59 Å². The first-order valence-electron chi connectivity index (χ1n) is 8.25. The number of ketones is 1. The lowest BCUT2D eigenvalue weighted by Gasteiger charge is -2.14. The molecular formula is C19H15Cl3N4O2. The zero-order valence-electron chi connectivity index (χ0n) is 14.7. The highest BCUT2D eigenvalue weighted by molar-refractivity contribution is 6.35. The van der Waals surface area contributed by atoms with Gasteiger partial charge in [-0.3, -0.25) is 14.2 Å². The van der Waals surface area contributed by atoms with Crippen molar-refractivity contribution in [2.24, 2.45) is 0 Å². The largest absolute Gasteiger partial charge is 0.348 e. The highest BCUT2D eigenvalue weighted by Crippen LogP contribution is 2.27. The van der Waals surface area contributed by atoms with Crippen LogP contribution in [0.25, 0.3) is 5.69 Å². The fourth-order valence-electron chi connectivity index (χ4n) is 2.73. The first-order valence-corrected chi connectivity index (χ1v) is 9.54. The molecule has 0 aliphatic heterocycles. The second kappa shape index (κ2) is 8.73. The van der Waals surface area contributed by atoms with E-state index in [4.69, 9.17) is 34.8 Å². The Balaban J connectivity index is 2.10. The summed E-state index contributed by atoms with van der Waals surface area (Å²) in [6, 6.07) is 11.7. The minimum atomic E-state index is -0.336. The van der Waals surface area contributed by atoms with E-state index in [0.717, 1.165) is 0 Å². The van der Waals surface area contributed by atoms with Gasteiger partial charge in [0, 0.05) is 16.1 Å². The highest BCUT2D eigenvalue weighted by atomic mass is 35.5. The van der Waals surface area contributed by atoms with Crippen molar-refractivity contribution in [1.29, 1.82) is 0 Å². The Kier molecular flexibility index (Phi) is 6.34. The molecule has 2 aromatic carbocycles. The summed E-state index contributed by atoms with van der Waals surface area (Å²) < 4.78 is 1.69. The predicted molar refractivity (Wildman–Crippen MR) is 109 cm³/mol. The van der Waals surface area contributed by atoms with Gasteiger partial charge in [-0.2, -0.15) is 0 Å². The SMILES string of the molecule is Cc1nnc(CNC(=O)CCl)n1-c1ccc(Cl)cc1C(=O)c1ccccc1Cl. The standard InChI is InChI=1S/C19H15Cl3N4O2/c1-11-24-25-17(10-23-18(27)9-20)26(11)16-7-6-12(21)8-14(16)19(28)13-4-2-3-5-15(13)22/h2-8H,9-10H2,1H3,(H,23,27). The summed E-state index contributed by atoms with van der Waals surface area (Å²) in [5.74, 6) is 0.214. The van der Waals surface area contributed by atoms with Gasteiger partial charge in [-0.15, -0.1) is 21.8 Å². The van der Waals surface area contributed by atoms with E-state index in [1.807, 2.05) is 0 Å². The molecule has 0 bridgehead atoms. The van der Waals surface area contributed by atoms with Gasteiger partial charge >= 0.3 is 0 Å². The normalized spacial score (nSPS) is 10.7. The molecule has 0 aliphatic carbocycles. The Morgan fingerprint density at radius 2 is 1.82 bits per heavy atom. The number of aromatic nitrogens is 3. The third kappa shape index (κ3) is 4.19. The fraction of sp³-hybridized carbons (Fsp3) is 0.158. The molecule has 0 fully saturated rings. The Labute approximate surface area is 176 Å². The molecule has 0 saturated heterocycles. The Morgan fingerprint density at radius 3 is 2.54 bits per heavy atom. The molecule has 0 spiro atoms. The average Bonchev–Trinajstić information content (AvgIpc) is 3.06. The Bertz CT molecular complexity index is 1050.